The number of hydrazone groups is 1. The summed E-state index contributed by atoms with van der Waals surface area (Å²) >= 11 is 0. The molecule has 4 rings (SSSR count). The summed E-state index contributed by atoms with van der Waals surface area (Å²) in [6.07, 6.45) is 4.70. The van der Waals surface area contributed by atoms with Gasteiger partial charge in [0.05, 0.1) is 12.3 Å². The molecule has 0 bridgehead atoms. The molecule has 2 aromatic heterocycles. The molecular weight excluding hydrogens is 394 g/mol. The van der Waals surface area contributed by atoms with Gasteiger partial charge in [0, 0.05) is 37.3 Å². The van der Waals surface area contributed by atoms with Gasteiger partial charge in [-0.15, -0.1) is 0 Å². The van der Waals surface area contributed by atoms with Crippen LogP contribution in [0.2, 0.25) is 0 Å². The van der Waals surface area contributed by atoms with Crippen LogP contribution in [0.25, 0.3) is 11.5 Å². The Kier molecular flexibility index (Phi) is 6.18. The van der Waals surface area contributed by atoms with E-state index in [-0.39, 0.29) is 0 Å². The quantitative estimate of drug-likeness (QED) is 0.248. The highest BCUT2D eigenvalue weighted by Crippen LogP contribution is 2.30. The van der Waals surface area contributed by atoms with Crippen LogP contribution >= 0.6 is 0 Å². The summed E-state index contributed by atoms with van der Waals surface area (Å²) in [5.41, 5.74) is 8.19. The number of nitrogens with two attached hydrogens (primary N) is 2. The van der Waals surface area contributed by atoms with E-state index in [0.717, 1.165) is 35.4 Å². The molecule has 3 aromatic rings. The zero-order valence-corrected chi connectivity index (χ0v) is 17.6. The fourth-order valence-electron chi connectivity index (χ4n) is 3.79. The van der Waals surface area contributed by atoms with Crippen molar-refractivity contribution < 1.29 is 13.9 Å². The number of aromatic nitrogens is 2. The Morgan fingerprint density at radius 2 is 2.06 bits per heavy atom. The summed E-state index contributed by atoms with van der Waals surface area (Å²) in [5.74, 6) is 7.69. The molecule has 0 spiro atoms. The van der Waals surface area contributed by atoms with Crippen molar-refractivity contribution in [3.8, 4) is 17.3 Å². The largest absolute Gasteiger partial charge is 0.477 e. The fourth-order valence-corrected chi connectivity index (χ4v) is 3.79. The number of benzene rings is 1. The summed E-state index contributed by atoms with van der Waals surface area (Å²) in [5, 5.41) is 3.66. The summed E-state index contributed by atoms with van der Waals surface area (Å²) in [6.45, 7) is 3.02. The minimum atomic E-state index is -0.639. The van der Waals surface area contributed by atoms with E-state index in [1.54, 1.807) is 6.20 Å². The SMILES string of the molecule is Cc1oc(-c2ccccc2)nc1CCOc1ccc(CC2(/C(N)=N/N)CCCO2)cn1. The average Bonchev–Trinajstić information content (AvgIpc) is 3.42. The molecule has 8 heteroatoms. The van der Waals surface area contributed by atoms with Gasteiger partial charge in [-0.2, -0.15) is 5.10 Å². The van der Waals surface area contributed by atoms with Crippen LogP contribution in [-0.4, -0.2) is 34.6 Å². The molecule has 1 atom stereocenters. The van der Waals surface area contributed by atoms with Gasteiger partial charge in [-0.1, -0.05) is 24.3 Å². The number of amidine groups is 1. The lowest BCUT2D eigenvalue weighted by atomic mass is 9.91. The van der Waals surface area contributed by atoms with Gasteiger partial charge in [-0.25, -0.2) is 9.97 Å². The summed E-state index contributed by atoms with van der Waals surface area (Å²) in [4.78, 5) is 9.01. The Labute approximate surface area is 181 Å². The summed E-state index contributed by atoms with van der Waals surface area (Å²) < 4.78 is 17.5. The Bertz CT molecular complexity index is 1030. The second-order valence-corrected chi connectivity index (χ2v) is 7.63. The van der Waals surface area contributed by atoms with Crippen LogP contribution < -0.4 is 16.3 Å². The number of aryl methyl sites for hydroxylation is 1. The van der Waals surface area contributed by atoms with E-state index in [2.05, 4.69) is 15.1 Å². The van der Waals surface area contributed by atoms with Crippen LogP contribution in [0.3, 0.4) is 0 Å². The lowest BCUT2D eigenvalue weighted by Crippen LogP contribution is -2.46. The summed E-state index contributed by atoms with van der Waals surface area (Å²) in [7, 11) is 0. The van der Waals surface area contributed by atoms with E-state index in [9.17, 15) is 0 Å². The number of nitrogens with zero attached hydrogens (tertiary/aromatic N) is 3. The van der Waals surface area contributed by atoms with Gasteiger partial charge in [0.1, 0.15) is 11.4 Å². The maximum Gasteiger partial charge on any atom is 0.226 e. The number of rotatable bonds is 8. The molecule has 1 aromatic carbocycles. The molecular formula is C23H27N5O3. The van der Waals surface area contributed by atoms with E-state index < -0.39 is 5.60 Å². The molecule has 31 heavy (non-hydrogen) atoms. The lowest BCUT2D eigenvalue weighted by Gasteiger charge is -2.27. The minimum absolute atomic E-state index is 0.322. The molecule has 1 aliphatic rings. The van der Waals surface area contributed by atoms with Crippen LogP contribution in [-0.2, 0) is 17.6 Å². The van der Waals surface area contributed by atoms with Crippen molar-refractivity contribution in [2.24, 2.45) is 16.7 Å². The van der Waals surface area contributed by atoms with E-state index in [1.807, 2.05) is 49.4 Å². The third kappa shape index (κ3) is 4.69. The van der Waals surface area contributed by atoms with Crippen LogP contribution in [0, 0.1) is 6.92 Å². The molecule has 8 nitrogen and oxygen atoms in total. The van der Waals surface area contributed by atoms with Crippen LogP contribution in [0.4, 0.5) is 0 Å². The van der Waals surface area contributed by atoms with Gasteiger partial charge >= 0.3 is 0 Å². The second-order valence-electron chi connectivity index (χ2n) is 7.63. The molecule has 0 amide bonds. The first kappa shape index (κ1) is 20.9. The number of hydrogen-bond acceptors (Lipinski definition) is 7. The van der Waals surface area contributed by atoms with Crippen LogP contribution in [0.15, 0.2) is 58.2 Å². The maximum atomic E-state index is 6.00. The zero-order valence-electron chi connectivity index (χ0n) is 17.6. The average molecular weight is 422 g/mol. The highest BCUT2D eigenvalue weighted by atomic mass is 16.5. The molecule has 1 fully saturated rings. The standard InChI is InChI=1S/C23H27N5O3/c1-16-19(27-21(31-16)18-6-3-2-4-7-18)10-13-29-20-9-8-17(15-26-20)14-23(22(24)28-25)11-5-12-30-23/h2-4,6-9,15H,5,10-14,25H2,1H3,(H2,24,28). The van der Waals surface area contributed by atoms with Gasteiger partial charge in [-0.3, -0.25) is 0 Å². The normalized spacial score (nSPS) is 18.9. The van der Waals surface area contributed by atoms with E-state index in [4.69, 9.17) is 25.5 Å². The first-order valence-electron chi connectivity index (χ1n) is 10.4. The number of ether oxygens (including phenoxy) is 2. The summed E-state index contributed by atoms with van der Waals surface area (Å²) in [6, 6.07) is 13.7. The van der Waals surface area contributed by atoms with E-state index >= 15 is 0 Å². The van der Waals surface area contributed by atoms with Crippen molar-refractivity contribution >= 4 is 5.84 Å². The second kappa shape index (κ2) is 9.18. The first-order chi connectivity index (χ1) is 15.1. The van der Waals surface area contributed by atoms with Crippen molar-refractivity contribution in [1.82, 2.24) is 9.97 Å². The number of pyridine rings is 1. The topological polar surface area (TPSA) is 122 Å². The third-order valence-corrected chi connectivity index (χ3v) is 5.50. The van der Waals surface area contributed by atoms with E-state index in [1.165, 1.54) is 0 Å². The smallest absolute Gasteiger partial charge is 0.226 e. The highest BCUT2D eigenvalue weighted by molar-refractivity contribution is 5.89. The fraction of sp³-hybridized carbons (Fsp3) is 0.348. The van der Waals surface area contributed by atoms with E-state index in [0.29, 0.717) is 43.7 Å². The van der Waals surface area contributed by atoms with Crippen LogP contribution in [0.1, 0.15) is 29.9 Å². The number of hydrogen-bond donors (Lipinski definition) is 2. The monoisotopic (exact) mass is 421 g/mol. The Morgan fingerprint density at radius 3 is 2.74 bits per heavy atom. The van der Waals surface area contributed by atoms with Crippen molar-refractivity contribution in [2.45, 2.75) is 38.2 Å². The Hall–Kier alpha value is -3.39. The molecule has 3 heterocycles. The number of oxazole rings is 1. The molecule has 0 aliphatic carbocycles. The van der Waals surface area contributed by atoms with Gasteiger partial charge in [-0.05, 0) is 37.5 Å². The van der Waals surface area contributed by atoms with Crippen molar-refractivity contribution in [1.29, 1.82) is 0 Å². The molecule has 0 saturated carbocycles. The van der Waals surface area contributed by atoms with Crippen molar-refractivity contribution in [3.05, 3.63) is 65.7 Å². The highest BCUT2D eigenvalue weighted by Gasteiger charge is 2.39. The van der Waals surface area contributed by atoms with Crippen LogP contribution in [0.5, 0.6) is 5.88 Å². The van der Waals surface area contributed by atoms with Gasteiger partial charge in [0.2, 0.25) is 11.8 Å². The third-order valence-electron chi connectivity index (χ3n) is 5.50. The predicted molar refractivity (Wildman–Crippen MR) is 118 cm³/mol. The molecule has 162 valence electrons. The predicted octanol–water partition coefficient (Wildman–Crippen LogP) is 2.99. The maximum absolute atomic E-state index is 6.00. The zero-order chi connectivity index (χ0) is 21.7. The molecule has 0 radical (unpaired) electrons. The van der Waals surface area contributed by atoms with Gasteiger partial charge in [0.25, 0.3) is 0 Å². The molecule has 1 aliphatic heterocycles. The van der Waals surface area contributed by atoms with Crippen molar-refractivity contribution in [3.63, 3.8) is 0 Å². The van der Waals surface area contributed by atoms with Crippen molar-refractivity contribution in [2.75, 3.05) is 13.2 Å². The van der Waals surface area contributed by atoms with Gasteiger partial charge in [0.15, 0.2) is 5.84 Å². The Morgan fingerprint density at radius 1 is 1.23 bits per heavy atom. The minimum Gasteiger partial charge on any atom is -0.477 e. The first-order valence-corrected chi connectivity index (χ1v) is 10.4. The Balaban J connectivity index is 1.34. The van der Waals surface area contributed by atoms with Gasteiger partial charge < -0.3 is 25.5 Å². The molecule has 4 N–H and O–H groups in total. The molecule has 1 unspecified atom stereocenters. The lowest BCUT2D eigenvalue weighted by molar-refractivity contribution is 0.0611. The molecule has 1 saturated heterocycles.